The second-order valence-electron chi connectivity index (χ2n) is 4.07. The number of hydrogen-bond acceptors (Lipinski definition) is 2. The van der Waals surface area contributed by atoms with Crippen molar-refractivity contribution in [2.75, 3.05) is 14.2 Å². The Morgan fingerprint density at radius 3 is 2.88 bits per heavy atom. The van der Waals surface area contributed by atoms with E-state index in [1.165, 1.54) is 11.1 Å². The molecule has 1 unspecified atom stereocenters. The molecule has 16 heavy (non-hydrogen) atoms. The van der Waals surface area contributed by atoms with Crippen LogP contribution in [0, 0.1) is 0 Å². The fourth-order valence-electron chi connectivity index (χ4n) is 1.96. The van der Waals surface area contributed by atoms with E-state index in [0.717, 1.165) is 12.2 Å². The third-order valence-electron chi connectivity index (χ3n) is 2.97. The Labute approximate surface area is 96.0 Å². The molecular weight excluding hydrogens is 200 g/mol. The van der Waals surface area contributed by atoms with Crippen LogP contribution in [0.25, 0.3) is 5.52 Å². The van der Waals surface area contributed by atoms with E-state index < -0.39 is 0 Å². The van der Waals surface area contributed by atoms with Crippen molar-refractivity contribution in [2.45, 2.75) is 19.4 Å². The van der Waals surface area contributed by atoms with Crippen molar-refractivity contribution in [2.24, 2.45) is 0 Å². The lowest BCUT2D eigenvalue weighted by Crippen LogP contribution is -2.23. The van der Waals surface area contributed by atoms with Gasteiger partial charge in [-0.15, -0.1) is 0 Å². The smallest absolute Gasteiger partial charge is 0.143 e. The minimum Gasteiger partial charge on any atom is -0.495 e. The summed E-state index contributed by atoms with van der Waals surface area (Å²) in [5.41, 5.74) is 2.49. The Kier molecular flexibility index (Phi) is 3.15. The van der Waals surface area contributed by atoms with Gasteiger partial charge in [0.05, 0.1) is 12.6 Å². The molecule has 0 aliphatic rings. The highest BCUT2D eigenvalue weighted by Gasteiger charge is 2.10. The van der Waals surface area contributed by atoms with Crippen molar-refractivity contribution in [3.8, 4) is 5.75 Å². The number of aromatic nitrogens is 1. The van der Waals surface area contributed by atoms with Crippen LogP contribution >= 0.6 is 0 Å². The Hall–Kier alpha value is -1.48. The Balaban J connectivity index is 2.45. The average molecular weight is 218 g/mol. The normalized spacial score (nSPS) is 12.9. The number of nitrogens with zero attached hydrogens (tertiary/aromatic N) is 1. The number of rotatable bonds is 4. The van der Waals surface area contributed by atoms with Crippen molar-refractivity contribution in [3.05, 3.63) is 36.2 Å². The first-order chi connectivity index (χ1) is 7.76. The molecule has 0 spiro atoms. The van der Waals surface area contributed by atoms with Crippen molar-refractivity contribution < 1.29 is 4.74 Å². The second-order valence-corrected chi connectivity index (χ2v) is 4.07. The molecule has 1 N–H and O–H groups in total. The predicted molar refractivity (Wildman–Crippen MR) is 66.2 cm³/mol. The largest absolute Gasteiger partial charge is 0.495 e. The molecule has 2 rings (SSSR count). The van der Waals surface area contributed by atoms with Gasteiger partial charge in [0.2, 0.25) is 0 Å². The summed E-state index contributed by atoms with van der Waals surface area (Å²) >= 11 is 0. The zero-order chi connectivity index (χ0) is 11.5. The lowest BCUT2D eigenvalue weighted by atomic mass is 10.1. The summed E-state index contributed by atoms with van der Waals surface area (Å²) < 4.78 is 7.51. The summed E-state index contributed by atoms with van der Waals surface area (Å²) in [6, 6.07) is 6.63. The average Bonchev–Trinajstić information content (AvgIpc) is 2.72. The van der Waals surface area contributed by atoms with Crippen LogP contribution in [0.5, 0.6) is 5.75 Å². The van der Waals surface area contributed by atoms with Gasteiger partial charge in [0.25, 0.3) is 0 Å². The zero-order valence-corrected chi connectivity index (χ0v) is 10.0. The lowest BCUT2D eigenvalue weighted by Gasteiger charge is -2.10. The van der Waals surface area contributed by atoms with E-state index >= 15 is 0 Å². The van der Waals surface area contributed by atoms with Crippen LogP contribution in [0.4, 0.5) is 0 Å². The van der Waals surface area contributed by atoms with Gasteiger partial charge in [0, 0.05) is 18.4 Å². The molecule has 3 nitrogen and oxygen atoms in total. The first kappa shape index (κ1) is 11.0. The van der Waals surface area contributed by atoms with E-state index in [4.69, 9.17) is 4.74 Å². The van der Waals surface area contributed by atoms with Crippen molar-refractivity contribution >= 4 is 5.52 Å². The van der Waals surface area contributed by atoms with Gasteiger partial charge in [-0.25, -0.2) is 0 Å². The van der Waals surface area contributed by atoms with Gasteiger partial charge in [0.1, 0.15) is 5.75 Å². The van der Waals surface area contributed by atoms with Gasteiger partial charge < -0.3 is 14.5 Å². The maximum Gasteiger partial charge on any atom is 0.143 e. The van der Waals surface area contributed by atoms with Crippen molar-refractivity contribution in [1.29, 1.82) is 0 Å². The van der Waals surface area contributed by atoms with E-state index in [-0.39, 0.29) is 0 Å². The molecule has 0 saturated carbocycles. The van der Waals surface area contributed by atoms with Gasteiger partial charge in [-0.1, -0.05) is 0 Å². The third kappa shape index (κ3) is 1.91. The number of pyridine rings is 1. The summed E-state index contributed by atoms with van der Waals surface area (Å²) in [6.07, 6.45) is 5.13. The minimum atomic E-state index is 0.469. The number of likely N-dealkylation sites (N-methyl/N-ethyl adjacent to an activating group) is 1. The van der Waals surface area contributed by atoms with Gasteiger partial charge in [-0.05, 0) is 44.2 Å². The van der Waals surface area contributed by atoms with E-state index in [1.807, 2.05) is 25.4 Å². The molecule has 2 aromatic heterocycles. The Morgan fingerprint density at radius 2 is 2.19 bits per heavy atom. The van der Waals surface area contributed by atoms with Crippen LogP contribution in [0.1, 0.15) is 12.5 Å². The molecule has 0 radical (unpaired) electrons. The lowest BCUT2D eigenvalue weighted by molar-refractivity contribution is 0.417. The minimum absolute atomic E-state index is 0.469. The molecule has 2 aromatic rings. The van der Waals surface area contributed by atoms with Gasteiger partial charge in [0.15, 0.2) is 0 Å². The fraction of sp³-hybridized carbons (Fsp3) is 0.385. The highest BCUT2D eigenvalue weighted by Crippen LogP contribution is 2.24. The van der Waals surface area contributed by atoms with Crippen LogP contribution in [0.15, 0.2) is 30.6 Å². The number of nitrogens with one attached hydrogen (secondary N) is 1. The molecule has 86 valence electrons. The second kappa shape index (κ2) is 4.58. The predicted octanol–water partition coefficient (Wildman–Crippen LogP) is 2.10. The molecular formula is C13H18N2O. The quantitative estimate of drug-likeness (QED) is 0.850. The van der Waals surface area contributed by atoms with Gasteiger partial charge >= 0.3 is 0 Å². The molecule has 0 amide bonds. The molecule has 3 heteroatoms. The molecule has 0 fully saturated rings. The summed E-state index contributed by atoms with van der Waals surface area (Å²) in [6.45, 7) is 2.18. The fourth-order valence-corrected chi connectivity index (χ4v) is 1.96. The number of fused-ring (bicyclic) bond motifs is 1. The number of ether oxygens (including phenoxy) is 1. The molecule has 0 bridgehead atoms. The van der Waals surface area contributed by atoms with E-state index in [2.05, 4.69) is 28.9 Å². The number of methoxy groups -OCH3 is 1. The standard InChI is InChI=1S/C13H18N2O/c1-10(14-2)9-11-6-8-15-7-4-5-12(16-3)13(11)15/h4-8,10,14H,9H2,1-3H3. The first-order valence-corrected chi connectivity index (χ1v) is 5.56. The molecule has 1 atom stereocenters. The first-order valence-electron chi connectivity index (χ1n) is 5.56. The summed E-state index contributed by atoms with van der Waals surface area (Å²) in [4.78, 5) is 0. The molecule has 0 saturated heterocycles. The van der Waals surface area contributed by atoms with Crippen LogP contribution in [0.3, 0.4) is 0 Å². The maximum absolute atomic E-state index is 5.40. The van der Waals surface area contributed by atoms with E-state index in [9.17, 15) is 0 Å². The molecule has 0 aliphatic carbocycles. The molecule has 0 aromatic carbocycles. The highest BCUT2D eigenvalue weighted by molar-refractivity contribution is 5.66. The Morgan fingerprint density at radius 1 is 1.38 bits per heavy atom. The molecule has 0 aliphatic heterocycles. The van der Waals surface area contributed by atoms with E-state index in [1.54, 1.807) is 7.11 Å². The monoisotopic (exact) mass is 218 g/mol. The third-order valence-corrected chi connectivity index (χ3v) is 2.97. The summed E-state index contributed by atoms with van der Waals surface area (Å²) in [5.74, 6) is 0.936. The molecule has 2 heterocycles. The highest BCUT2D eigenvalue weighted by atomic mass is 16.5. The van der Waals surface area contributed by atoms with Crippen molar-refractivity contribution in [3.63, 3.8) is 0 Å². The van der Waals surface area contributed by atoms with Crippen molar-refractivity contribution in [1.82, 2.24) is 9.72 Å². The van der Waals surface area contributed by atoms with Crippen LogP contribution in [-0.2, 0) is 6.42 Å². The van der Waals surface area contributed by atoms with Crippen LogP contribution in [-0.4, -0.2) is 24.6 Å². The topological polar surface area (TPSA) is 25.7 Å². The number of hydrogen-bond donors (Lipinski definition) is 1. The van der Waals surface area contributed by atoms with Crippen LogP contribution in [0.2, 0.25) is 0 Å². The maximum atomic E-state index is 5.40. The van der Waals surface area contributed by atoms with Gasteiger partial charge in [-0.3, -0.25) is 0 Å². The SMILES string of the molecule is CNC(C)Cc1ccn2cccc(OC)c12. The van der Waals surface area contributed by atoms with Crippen LogP contribution < -0.4 is 10.1 Å². The van der Waals surface area contributed by atoms with Gasteiger partial charge in [-0.2, -0.15) is 0 Å². The zero-order valence-electron chi connectivity index (χ0n) is 10.0. The summed E-state index contributed by atoms with van der Waals surface area (Å²) in [5, 5.41) is 3.26. The summed E-state index contributed by atoms with van der Waals surface area (Å²) in [7, 11) is 3.70. The van der Waals surface area contributed by atoms with E-state index in [0.29, 0.717) is 6.04 Å². The Bertz CT molecular complexity index is 476.